The molecule has 2 aromatic rings. The molecule has 1 heterocycles. The van der Waals surface area contributed by atoms with Gasteiger partial charge in [-0.3, -0.25) is 11.3 Å². The molecule has 0 spiro atoms. The molecule has 2 rings (SSSR count). The third-order valence-electron chi connectivity index (χ3n) is 2.68. The Labute approximate surface area is 113 Å². The van der Waals surface area contributed by atoms with Crippen LogP contribution in [0.25, 0.3) is 0 Å². The first-order valence-electron chi connectivity index (χ1n) is 5.32. The van der Waals surface area contributed by atoms with E-state index in [1.54, 1.807) is 11.3 Å². The van der Waals surface area contributed by atoms with Gasteiger partial charge in [-0.1, -0.05) is 34.1 Å². The normalized spacial score (nSPS) is 12.6. The van der Waals surface area contributed by atoms with E-state index in [0.29, 0.717) is 0 Å². The summed E-state index contributed by atoms with van der Waals surface area (Å²) in [5.74, 6) is 5.64. The quantitative estimate of drug-likeness (QED) is 0.674. The minimum Gasteiger partial charge on any atom is -0.271 e. The monoisotopic (exact) mass is 311 g/mol. The molecule has 90 valence electrons. The van der Waals surface area contributed by atoms with Crippen molar-refractivity contribution in [1.82, 2.24) is 10.4 Å². The van der Waals surface area contributed by atoms with Crippen molar-refractivity contribution in [3.8, 4) is 0 Å². The Balaban J connectivity index is 2.22. The van der Waals surface area contributed by atoms with Gasteiger partial charge in [-0.2, -0.15) is 0 Å². The molecule has 5 heteroatoms. The van der Waals surface area contributed by atoms with Crippen molar-refractivity contribution >= 4 is 27.3 Å². The number of halogens is 1. The summed E-state index contributed by atoms with van der Waals surface area (Å²) in [6.45, 7) is 2.01. The fourth-order valence-corrected chi connectivity index (χ4v) is 3.07. The van der Waals surface area contributed by atoms with Gasteiger partial charge in [-0.05, 0) is 25.0 Å². The summed E-state index contributed by atoms with van der Waals surface area (Å²) in [5, 5.41) is 0. The molecule has 1 aromatic carbocycles. The van der Waals surface area contributed by atoms with Crippen molar-refractivity contribution in [1.29, 1.82) is 0 Å². The Morgan fingerprint density at radius 1 is 1.47 bits per heavy atom. The Hall–Kier alpha value is -0.750. The molecule has 0 aliphatic carbocycles. The number of rotatable bonds is 4. The smallest absolute Gasteiger partial charge is 0.0798 e. The molecule has 0 amide bonds. The van der Waals surface area contributed by atoms with Crippen LogP contribution in [0.5, 0.6) is 0 Å². The highest BCUT2D eigenvalue weighted by Gasteiger charge is 2.16. The SMILES string of the molecule is Cc1ncsc1C(Cc1ccccc1Br)NN. The number of hydrogen-bond acceptors (Lipinski definition) is 4. The molecular formula is C12H14BrN3S. The van der Waals surface area contributed by atoms with Crippen molar-refractivity contribution in [2.45, 2.75) is 19.4 Å². The number of aryl methyl sites for hydroxylation is 1. The number of hydrogen-bond donors (Lipinski definition) is 2. The molecule has 0 bridgehead atoms. The highest BCUT2D eigenvalue weighted by atomic mass is 79.9. The minimum absolute atomic E-state index is 0.112. The lowest BCUT2D eigenvalue weighted by molar-refractivity contribution is 0.556. The van der Waals surface area contributed by atoms with Crippen LogP contribution in [0.15, 0.2) is 34.2 Å². The lowest BCUT2D eigenvalue weighted by Crippen LogP contribution is -2.29. The second-order valence-corrected chi connectivity index (χ2v) is 5.56. The van der Waals surface area contributed by atoms with Crippen LogP contribution in [0, 0.1) is 6.92 Å². The number of aromatic nitrogens is 1. The van der Waals surface area contributed by atoms with Gasteiger partial charge < -0.3 is 0 Å². The van der Waals surface area contributed by atoms with E-state index in [0.717, 1.165) is 16.6 Å². The summed E-state index contributed by atoms with van der Waals surface area (Å²) < 4.78 is 1.11. The Morgan fingerprint density at radius 3 is 2.82 bits per heavy atom. The topological polar surface area (TPSA) is 50.9 Å². The van der Waals surface area contributed by atoms with Gasteiger partial charge in [0, 0.05) is 9.35 Å². The Morgan fingerprint density at radius 2 is 2.24 bits per heavy atom. The molecule has 3 nitrogen and oxygen atoms in total. The van der Waals surface area contributed by atoms with E-state index in [4.69, 9.17) is 5.84 Å². The van der Waals surface area contributed by atoms with Gasteiger partial charge in [0.2, 0.25) is 0 Å². The summed E-state index contributed by atoms with van der Waals surface area (Å²) in [6.07, 6.45) is 0.848. The zero-order chi connectivity index (χ0) is 12.3. The minimum atomic E-state index is 0.112. The molecule has 0 saturated heterocycles. The molecule has 17 heavy (non-hydrogen) atoms. The van der Waals surface area contributed by atoms with Gasteiger partial charge >= 0.3 is 0 Å². The van der Waals surface area contributed by atoms with Gasteiger partial charge in [0.15, 0.2) is 0 Å². The highest BCUT2D eigenvalue weighted by Crippen LogP contribution is 2.27. The van der Waals surface area contributed by atoms with Crippen LogP contribution < -0.4 is 11.3 Å². The predicted molar refractivity (Wildman–Crippen MR) is 74.8 cm³/mol. The van der Waals surface area contributed by atoms with Crippen molar-refractivity contribution < 1.29 is 0 Å². The number of thiazole rings is 1. The fraction of sp³-hybridized carbons (Fsp3) is 0.250. The zero-order valence-electron chi connectivity index (χ0n) is 9.48. The highest BCUT2D eigenvalue weighted by molar-refractivity contribution is 9.10. The van der Waals surface area contributed by atoms with E-state index in [-0.39, 0.29) is 6.04 Å². The maximum absolute atomic E-state index is 5.64. The van der Waals surface area contributed by atoms with E-state index in [1.165, 1.54) is 10.4 Å². The van der Waals surface area contributed by atoms with E-state index in [2.05, 4.69) is 32.4 Å². The third-order valence-corrected chi connectivity index (χ3v) is 4.50. The average molecular weight is 312 g/mol. The van der Waals surface area contributed by atoms with E-state index in [1.807, 2.05) is 30.6 Å². The standard InChI is InChI=1S/C12H14BrN3S/c1-8-12(17-7-15-8)11(16-14)6-9-4-2-3-5-10(9)13/h2-5,7,11,16H,6,14H2,1H3. The number of nitrogens with zero attached hydrogens (tertiary/aromatic N) is 1. The summed E-state index contributed by atoms with van der Waals surface area (Å²) in [6, 6.07) is 8.30. The zero-order valence-corrected chi connectivity index (χ0v) is 11.9. The summed E-state index contributed by atoms with van der Waals surface area (Å²) in [5.41, 5.74) is 7.01. The van der Waals surface area contributed by atoms with Gasteiger partial charge in [-0.25, -0.2) is 4.98 Å². The molecule has 0 aliphatic heterocycles. The lowest BCUT2D eigenvalue weighted by Gasteiger charge is -2.15. The van der Waals surface area contributed by atoms with Crippen molar-refractivity contribution in [3.05, 3.63) is 50.4 Å². The first kappa shape index (κ1) is 12.7. The van der Waals surface area contributed by atoms with Gasteiger partial charge in [0.05, 0.1) is 17.2 Å². The molecule has 1 unspecified atom stereocenters. The lowest BCUT2D eigenvalue weighted by atomic mass is 10.0. The van der Waals surface area contributed by atoms with Crippen molar-refractivity contribution in [3.63, 3.8) is 0 Å². The molecule has 1 atom stereocenters. The van der Waals surface area contributed by atoms with Crippen molar-refractivity contribution in [2.24, 2.45) is 5.84 Å². The molecule has 1 aromatic heterocycles. The van der Waals surface area contributed by atoms with E-state index >= 15 is 0 Å². The predicted octanol–water partition coefficient (Wildman–Crippen LogP) is 2.96. The van der Waals surface area contributed by atoms with Crippen LogP contribution in [0.2, 0.25) is 0 Å². The molecule has 3 N–H and O–H groups in total. The number of benzene rings is 1. The summed E-state index contributed by atoms with van der Waals surface area (Å²) >= 11 is 5.19. The largest absolute Gasteiger partial charge is 0.271 e. The number of nitrogens with two attached hydrogens (primary N) is 1. The first-order chi connectivity index (χ1) is 8.22. The molecular weight excluding hydrogens is 298 g/mol. The molecule has 0 aliphatic rings. The van der Waals surface area contributed by atoms with Gasteiger partial charge in [-0.15, -0.1) is 11.3 Å². The van der Waals surface area contributed by atoms with Crippen LogP contribution in [0.4, 0.5) is 0 Å². The van der Waals surface area contributed by atoms with Gasteiger partial charge in [0.1, 0.15) is 0 Å². The summed E-state index contributed by atoms with van der Waals surface area (Å²) in [4.78, 5) is 5.46. The Kier molecular flexibility index (Phi) is 4.28. The van der Waals surface area contributed by atoms with Crippen LogP contribution in [0.1, 0.15) is 22.2 Å². The second kappa shape index (κ2) is 5.73. The van der Waals surface area contributed by atoms with Crippen LogP contribution >= 0.6 is 27.3 Å². The second-order valence-electron chi connectivity index (χ2n) is 3.82. The fourth-order valence-electron chi connectivity index (χ4n) is 1.76. The van der Waals surface area contributed by atoms with E-state index in [9.17, 15) is 0 Å². The summed E-state index contributed by atoms with van der Waals surface area (Å²) in [7, 11) is 0. The van der Waals surface area contributed by atoms with E-state index < -0.39 is 0 Å². The van der Waals surface area contributed by atoms with Gasteiger partial charge in [0.25, 0.3) is 0 Å². The first-order valence-corrected chi connectivity index (χ1v) is 6.99. The molecule has 0 radical (unpaired) electrons. The van der Waals surface area contributed by atoms with Crippen LogP contribution in [-0.2, 0) is 6.42 Å². The van der Waals surface area contributed by atoms with Crippen LogP contribution in [-0.4, -0.2) is 4.98 Å². The molecule has 0 fully saturated rings. The maximum Gasteiger partial charge on any atom is 0.0798 e. The molecule has 0 saturated carbocycles. The average Bonchev–Trinajstić information content (AvgIpc) is 2.75. The third kappa shape index (κ3) is 2.93. The maximum atomic E-state index is 5.64. The number of hydrazine groups is 1. The van der Waals surface area contributed by atoms with Crippen LogP contribution in [0.3, 0.4) is 0 Å². The Bertz CT molecular complexity index is 498. The van der Waals surface area contributed by atoms with Crippen molar-refractivity contribution in [2.75, 3.05) is 0 Å². The number of nitrogens with one attached hydrogen (secondary N) is 1.